The van der Waals surface area contributed by atoms with E-state index in [2.05, 4.69) is 20.7 Å². The van der Waals surface area contributed by atoms with E-state index in [1.165, 1.54) is 6.21 Å². The number of likely N-dealkylation sites (N-methyl/N-ethyl adjacent to an activating group) is 1. The van der Waals surface area contributed by atoms with E-state index in [0.29, 0.717) is 34.1 Å². The zero-order valence-electron chi connectivity index (χ0n) is 18.5. The van der Waals surface area contributed by atoms with Crippen LogP contribution in [0.1, 0.15) is 49.0 Å². The van der Waals surface area contributed by atoms with Crippen LogP contribution in [0.15, 0.2) is 53.6 Å². The van der Waals surface area contributed by atoms with Crippen molar-refractivity contribution >= 4 is 41.2 Å². The van der Waals surface area contributed by atoms with E-state index < -0.39 is 0 Å². The molecule has 0 spiro atoms. The lowest BCUT2D eigenvalue weighted by atomic mass is 10.1. The number of carbonyl (C=O) groups excluding carboxylic acids is 2. The minimum absolute atomic E-state index is 0.0844. The molecular formula is C24H30Cl2N4O2. The average molecular weight is 477 g/mol. The van der Waals surface area contributed by atoms with Gasteiger partial charge in [-0.05, 0) is 56.6 Å². The van der Waals surface area contributed by atoms with Crippen LogP contribution in [0.2, 0.25) is 10.0 Å². The number of unbranched alkanes of at least 4 members (excludes halogenated alkanes) is 1. The minimum Gasteiger partial charge on any atom is -0.352 e. The topological polar surface area (TPSA) is 73.8 Å². The van der Waals surface area contributed by atoms with E-state index in [9.17, 15) is 9.59 Å². The molecule has 0 saturated carbocycles. The molecule has 0 radical (unpaired) electrons. The second kappa shape index (κ2) is 13.9. The first-order valence-electron chi connectivity index (χ1n) is 10.8. The highest BCUT2D eigenvalue weighted by molar-refractivity contribution is 6.36. The van der Waals surface area contributed by atoms with Crippen molar-refractivity contribution < 1.29 is 9.59 Å². The summed E-state index contributed by atoms with van der Waals surface area (Å²) in [4.78, 5) is 27.0. The summed E-state index contributed by atoms with van der Waals surface area (Å²) in [7, 11) is 0. The molecule has 6 nitrogen and oxygen atoms in total. The van der Waals surface area contributed by atoms with Crippen LogP contribution < -0.4 is 10.7 Å². The maximum absolute atomic E-state index is 12.8. The van der Waals surface area contributed by atoms with Gasteiger partial charge in [0.05, 0.1) is 17.3 Å². The Balaban J connectivity index is 1.85. The molecule has 0 aliphatic carbocycles. The van der Waals surface area contributed by atoms with Gasteiger partial charge in [-0.25, -0.2) is 5.43 Å². The first kappa shape index (κ1) is 25.8. The lowest BCUT2D eigenvalue weighted by Crippen LogP contribution is -2.45. The Bertz CT molecular complexity index is 902. The smallest absolute Gasteiger partial charge is 0.257 e. The molecule has 2 aromatic rings. The molecule has 172 valence electrons. The van der Waals surface area contributed by atoms with Crippen molar-refractivity contribution in [3.63, 3.8) is 0 Å². The summed E-state index contributed by atoms with van der Waals surface area (Å²) in [6.07, 6.45) is 3.77. The van der Waals surface area contributed by atoms with Gasteiger partial charge >= 0.3 is 0 Å². The highest BCUT2D eigenvalue weighted by atomic mass is 35.5. The molecule has 8 heteroatoms. The monoisotopic (exact) mass is 476 g/mol. The standard InChI is InChI=1S/C24H30Cl2N4O2/c1-3-30(4-2)22(12-8-9-15-27-23(31)18-10-6-5-7-11-18)24(32)29-28-17-19-13-14-20(25)16-21(19)26/h5-7,10-11,13-14,16-17,22H,3-4,8-9,12,15H2,1-2H3,(H,27,31)(H,29,32). The SMILES string of the molecule is CCN(CC)C(CCCCNC(=O)c1ccccc1)C(=O)NN=Cc1ccc(Cl)cc1Cl. The molecule has 0 fully saturated rings. The summed E-state index contributed by atoms with van der Waals surface area (Å²) in [5.41, 5.74) is 3.95. The normalized spacial score (nSPS) is 12.2. The molecule has 0 aromatic heterocycles. The molecule has 32 heavy (non-hydrogen) atoms. The van der Waals surface area contributed by atoms with Gasteiger partial charge in [-0.1, -0.05) is 61.3 Å². The summed E-state index contributed by atoms with van der Waals surface area (Å²) in [5.74, 6) is -0.248. The largest absolute Gasteiger partial charge is 0.352 e. The van der Waals surface area contributed by atoms with Crippen LogP contribution in [-0.4, -0.2) is 48.6 Å². The second-order valence-corrected chi connectivity index (χ2v) is 8.10. The van der Waals surface area contributed by atoms with Gasteiger partial charge in [-0.15, -0.1) is 0 Å². The third-order valence-electron chi connectivity index (χ3n) is 5.12. The van der Waals surface area contributed by atoms with E-state index in [1.54, 1.807) is 30.3 Å². The zero-order chi connectivity index (χ0) is 23.3. The van der Waals surface area contributed by atoms with Gasteiger partial charge in [-0.3, -0.25) is 14.5 Å². The summed E-state index contributed by atoms with van der Waals surface area (Å²) in [5, 5.41) is 8.00. The van der Waals surface area contributed by atoms with Crippen molar-refractivity contribution in [3.8, 4) is 0 Å². The van der Waals surface area contributed by atoms with Gasteiger partial charge in [0.1, 0.15) is 0 Å². The fourth-order valence-electron chi connectivity index (χ4n) is 3.35. The molecule has 0 saturated heterocycles. The quantitative estimate of drug-likeness (QED) is 0.263. The molecular weight excluding hydrogens is 447 g/mol. The zero-order valence-corrected chi connectivity index (χ0v) is 20.0. The fourth-order valence-corrected chi connectivity index (χ4v) is 3.80. The average Bonchev–Trinajstić information content (AvgIpc) is 2.80. The first-order valence-corrected chi connectivity index (χ1v) is 11.6. The van der Waals surface area contributed by atoms with Crippen LogP contribution in [0.3, 0.4) is 0 Å². The van der Waals surface area contributed by atoms with E-state index >= 15 is 0 Å². The van der Waals surface area contributed by atoms with E-state index in [4.69, 9.17) is 23.2 Å². The lowest BCUT2D eigenvalue weighted by Gasteiger charge is -2.28. The number of nitrogens with one attached hydrogen (secondary N) is 2. The highest BCUT2D eigenvalue weighted by Crippen LogP contribution is 2.19. The van der Waals surface area contributed by atoms with Gasteiger partial charge in [0.25, 0.3) is 11.8 Å². The number of carbonyl (C=O) groups is 2. The number of hydrogen-bond donors (Lipinski definition) is 2. The number of halogens is 2. The first-order chi connectivity index (χ1) is 15.5. The van der Waals surface area contributed by atoms with E-state index in [0.717, 1.165) is 25.9 Å². The van der Waals surface area contributed by atoms with Crippen molar-refractivity contribution in [2.75, 3.05) is 19.6 Å². The molecule has 1 unspecified atom stereocenters. The van der Waals surface area contributed by atoms with Crippen molar-refractivity contribution in [3.05, 3.63) is 69.7 Å². The van der Waals surface area contributed by atoms with Gasteiger partial charge in [0.2, 0.25) is 0 Å². The summed E-state index contributed by atoms with van der Waals surface area (Å²) >= 11 is 12.0. The highest BCUT2D eigenvalue weighted by Gasteiger charge is 2.23. The van der Waals surface area contributed by atoms with Crippen molar-refractivity contribution in [2.45, 2.75) is 39.2 Å². The van der Waals surface area contributed by atoms with Crippen molar-refractivity contribution in [2.24, 2.45) is 5.10 Å². The van der Waals surface area contributed by atoms with Crippen LogP contribution in [-0.2, 0) is 4.79 Å². The van der Waals surface area contributed by atoms with E-state index in [1.807, 2.05) is 32.0 Å². The molecule has 0 heterocycles. The third kappa shape index (κ3) is 8.26. The third-order valence-corrected chi connectivity index (χ3v) is 5.68. The Morgan fingerprint density at radius 1 is 1.06 bits per heavy atom. The number of amides is 2. The Hall–Kier alpha value is -2.41. The van der Waals surface area contributed by atoms with Gasteiger partial charge in [-0.2, -0.15) is 5.10 Å². The maximum atomic E-state index is 12.8. The Morgan fingerprint density at radius 3 is 2.44 bits per heavy atom. The van der Waals surface area contributed by atoms with Gasteiger partial charge in [0.15, 0.2) is 0 Å². The minimum atomic E-state index is -0.298. The predicted octanol–water partition coefficient (Wildman–Crippen LogP) is 4.75. The maximum Gasteiger partial charge on any atom is 0.257 e. The number of nitrogens with zero attached hydrogens (tertiary/aromatic N) is 2. The number of hydrazone groups is 1. The molecule has 2 N–H and O–H groups in total. The van der Waals surface area contributed by atoms with Crippen molar-refractivity contribution in [1.82, 2.24) is 15.6 Å². The van der Waals surface area contributed by atoms with Gasteiger partial charge in [0, 0.05) is 22.7 Å². The van der Waals surface area contributed by atoms with Crippen LogP contribution in [0, 0.1) is 0 Å². The molecule has 0 bridgehead atoms. The number of hydrogen-bond acceptors (Lipinski definition) is 4. The van der Waals surface area contributed by atoms with Crippen molar-refractivity contribution in [1.29, 1.82) is 0 Å². The molecule has 0 aliphatic heterocycles. The molecule has 0 aliphatic rings. The number of rotatable bonds is 12. The fraction of sp³-hybridized carbons (Fsp3) is 0.375. The second-order valence-electron chi connectivity index (χ2n) is 7.25. The molecule has 1 atom stereocenters. The Kier molecular flexibility index (Phi) is 11.2. The van der Waals surface area contributed by atoms with Crippen LogP contribution in [0.25, 0.3) is 0 Å². The molecule has 2 aromatic carbocycles. The number of benzene rings is 2. The summed E-state index contributed by atoms with van der Waals surface area (Å²) < 4.78 is 0. The Morgan fingerprint density at radius 2 is 1.78 bits per heavy atom. The van der Waals surface area contributed by atoms with Crippen LogP contribution >= 0.6 is 23.2 Å². The Labute approximate surface area is 200 Å². The summed E-state index contributed by atoms with van der Waals surface area (Å²) in [6, 6.07) is 13.9. The van der Waals surface area contributed by atoms with Crippen LogP contribution in [0.5, 0.6) is 0 Å². The molecule has 2 rings (SSSR count). The van der Waals surface area contributed by atoms with E-state index in [-0.39, 0.29) is 17.9 Å². The van der Waals surface area contributed by atoms with Crippen LogP contribution in [0.4, 0.5) is 0 Å². The molecule has 2 amide bonds. The lowest BCUT2D eigenvalue weighted by molar-refractivity contribution is -0.126. The van der Waals surface area contributed by atoms with Gasteiger partial charge < -0.3 is 5.32 Å². The summed E-state index contributed by atoms with van der Waals surface area (Å²) in [6.45, 7) is 6.13. The predicted molar refractivity (Wildman–Crippen MR) is 132 cm³/mol.